The molecule has 1 atom stereocenters. The van der Waals surface area contributed by atoms with Crippen LogP contribution in [0.5, 0.6) is 11.5 Å². The Morgan fingerprint density at radius 3 is 2.60 bits per heavy atom. The minimum absolute atomic E-state index is 0.226. The average molecular weight is 371 g/mol. The molecule has 1 fully saturated rings. The van der Waals surface area contributed by atoms with E-state index in [4.69, 9.17) is 21.1 Å². The number of piperazine rings is 1. The predicted molar refractivity (Wildman–Crippen MR) is 102 cm³/mol. The van der Waals surface area contributed by atoms with Gasteiger partial charge in [0.05, 0.1) is 19.2 Å². The molecule has 0 unspecified atom stereocenters. The van der Waals surface area contributed by atoms with Gasteiger partial charge in [-0.2, -0.15) is 0 Å². The number of hydrogen-bond donors (Lipinski definition) is 1. The monoisotopic (exact) mass is 370 g/mol. The molecule has 0 saturated carbocycles. The largest absolute Gasteiger partial charge is 0.493 e. The van der Waals surface area contributed by atoms with Crippen molar-refractivity contribution in [3.8, 4) is 11.5 Å². The molecule has 0 bridgehead atoms. The quantitative estimate of drug-likeness (QED) is 0.762. The Labute approximate surface area is 156 Å². The van der Waals surface area contributed by atoms with Gasteiger partial charge in [-0.1, -0.05) is 31.5 Å². The lowest BCUT2D eigenvalue weighted by molar-refractivity contribution is 0.0476. The van der Waals surface area contributed by atoms with E-state index in [1.807, 2.05) is 12.1 Å². The van der Waals surface area contributed by atoms with Gasteiger partial charge in [0.25, 0.3) is 0 Å². The van der Waals surface area contributed by atoms with Crippen LogP contribution in [0.2, 0.25) is 5.02 Å². The van der Waals surface area contributed by atoms with Gasteiger partial charge in [0.15, 0.2) is 11.5 Å². The molecule has 1 aliphatic rings. The molecule has 0 amide bonds. The molecule has 1 saturated heterocycles. The maximum Gasteiger partial charge on any atom is 0.179 e. The lowest BCUT2D eigenvalue weighted by Gasteiger charge is -2.42. The SMILES string of the molecule is COc1ccc(CN2CCN(CC(C)C)[C@H](CCO)C2)c(Cl)c1OC. The molecule has 142 valence electrons. The highest BCUT2D eigenvalue weighted by molar-refractivity contribution is 6.33. The van der Waals surface area contributed by atoms with Crippen LogP contribution < -0.4 is 9.47 Å². The fraction of sp³-hybridized carbons (Fsp3) is 0.684. The molecule has 0 spiro atoms. The molecule has 0 radical (unpaired) electrons. The molecule has 1 aliphatic heterocycles. The van der Waals surface area contributed by atoms with Crippen molar-refractivity contribution >= 4 is 11.6 Å². The normalized spacial score (nSPS) is 19.4. The minimum atomic E-state index is 0.226. The molecule has 1 aromatic rings. The van der Waals surface area contributed by atoms with E-state index in [0.29, 0.717) is 28.5 Å². The molecule has 1 N–H and O–H groups in total. The standard InChI is InChI=1S/C19H31ClN2O3/c1-14(2)11-22-9-8-21(13-16(22)7-10-23)12-15-5-6-17(24-3)19(25-4)18(15)20/h5-6,14,16,23H,7-13H2,1-4H3/t16-/m1/s1. The minimum Gasteiger partial charge on any atom is -0.493 e. The van der Waals surface area contributed by atoms with Crippen molar-refractivity contribution in [3.05, 3.63) is 22.7 Å². The molecule has 1 heterocycles. The van der Waals surface area contributed by atoms with Crippen LogP contribution in [0.4, 0.5) is 0 Å². The van der Waals surface area contributed by atoms with Gasteiger partial charge >= 0.3 is 0 Å². The second-order valence-electron chi connectivity index (χ2n) is 7.06. The van der Waals surface area contributed by atoms with Crippen LogP contribution in [0.1, 0.15) is 25.8 Å². The number of aliphatic hydroxyl groups is 1. The second-order valence-corrected chi connectivity index (χ2v) is 7.44. The van der Waals surface area contributed by atoms with E-state index >= 15 is 0 Å². The highest BCUT2D eigenvalue weighted by Crippen LogP contribution is 2.37. The van der Waals surface area contributed by atoms with Crippen molar-refractivity contribution in [3.63, 3.8) is 0 Å². The smallest absolute Gasteiger partial charge is 0.179 e. The van der Waals surface area contributed by atoms with Crippen molar-refractivity contribution in [2.45, 2.75) is 32.9 Å². The van der Waals surface area contributed by atoms with Crippen LogP contribution in [0.25, 0.3) is 0 Å². The van der Waals surface area contributed by atoms with E-state index in [0.717, 1.165) is 44.7 Å². The molecule has 6 heteroatoms. The van der Waals surface area contributed by atoms with E-state index in [9.17, 15) is 5.11 Å². The van der Waals surface area contributed by atoms with Crippen LogP contribution in [0.3, 0.4) is 0 Å². The summed E-state index contributed by atoms with van der Waals surface area (Å²) in [4.78, 5) is 4.91. The molecule has 0 aromatic heterocycles. The van der Waals surface area contributed by atoms with E-state index in [-0.39, 0.29) is 6.61 Å². The van der Waals surface area contributed by atoms with Crippen LogP contribution in [0.15, 0.2) is 12.1 Å². The molecule has 1 aromatic carbocycles. The zero-order valence-electron chi connectivity index (χ0n) is 15.8. The Morgan fingerprint density at radius 2 is 2.00 bits per heavy atom. The van der Waals surface area contributed by atoms with Gasteiger partial charge in [-0.3, -0.25) is 9.80 Å². The van der Waals surface area contributed by atoms with E-state index in [2.05, 4.69) is 23.6 Å². The summed E-state index contributed by atoms with van der Waals surface area (Å²) in [5, 5.41) is 10.0. The first-order chi connectivity index (χ1) is 12.0. The number of methoxy groups -OCH3 is 2. The fourth-order valence-corrected chi connectivity index (χ4v) is 3.82. The van der Waals surface area contributed by atoms with Crippen molar-refractivity contribution in [1.82, 2.24) is 9.80 Å². The Hall–Kier alpha value is -1.01. The number of benzene rings is 1. The highest BCUT2D eigenvalue weighted by Gasteiger charge is 2.27. The number of hydrogen-bond acceptors (Lipinski definition) is 5. The molecular weight excluding hydrogens is 340 g/mol. The Balaban J connectivity index is 2.08. The summed E-state index contributed by atoms with van der Waals surface area (Å²) >= 11 is 6.53. The third-order valence-corrected chi connectivity index (χ3v) is 5.12. The van der Waals surface area contributed by atoms with Crippen molar-refractivity contribution in [2.75, 3.05) is 47.0 Å². The Bertz CT molecular complexity index is 554. The number of halogens is 1. The van der Waals surface area contributed by atoms with Gasteiger partial charge in [-0.25, -0.2) is 0 Å². The number of aliphatic hydroxyl groups excluding tert-OH is 1. The maximum absolute atomic E-state index is 9.42. The number of rotatable bonds is 8. The molecular formula is C19H31ClN2O3. The fourth-order valence-electron chi connectivity index (χ4n) is 3.53. The third kappa shape index (κ3) is 5.23. The van der Waals surface area contributed by atoms with Gasteiger partial charge in [0, 0.05) is 45.4 Å². The van der Waals surface area contributed by atoms with Crippen molar-refractivity contribution < 1.29 is 14.6 Å². The van der Waals surface area contributed by atoms with Crippen LogP contribution >= 0.6 is 11.6 Å². The van der Waals surface area contributed by atoms with Gasteiger partial charge in [-0.15, -0.1) is 0 Å². The maximum atomic E-state index is 9.42. The summed E-state index contributed by atoms with van der Waals surface area (Å²) in [7, 11) is 3.22. The van der Waals surface area contributed by atoms with Gasteiger partial charge in [0.1, 0.15) is 0 Å². The van der Waals surface area contributed by atoms with E-state index in [1.165, 1.54) is 0 Å². The van der Waals surface area contributed by atoms with E-state index in [1.54, 1.807) is 14.2 Å². The van der Waals surface area contributed by atoms with Gasteiger partial charge in [0.2, 0.25) is 0 Å². The first kappa shape index (κ1) is 20.3. The Kier molecular flexibility index (Phi) is 7.81. The zero-order valence-corrected chi connectivity index (χ0v) is 16.6. The molecule has 2 rings (SSSR count). The second kappa shape index (κ2) is 9.62. The Morgan fingerprint density at radius 1 is 1.24 bits per heavy atom. The zero-order chi connectivity index (χ0) is 18.4. The summed E-state index contributed by atoms with van der Waals surface area (Å²) in [5.41, 5.74) is 1.04. The van der Waals surface area contributed by atoms with Crippen LogP contribution in [-0.2, 0) is 6.54 Å². The molecule has 5 nitrogen and oxygen atoms in total. The summed E-state index contributed by atoms with van der Waals surface area (Å²) < 4.78 is 10.7. The summed E-state index contributed by atoms with van der Waals surface area (Å²) in [6.07, 6.45) is 0.808. The lowest BCUT2D eigenvalue weighted by atomic mass is 10.1. The topological polar surface area (TPSA) is 45.2 Å². The van der Waals surface area contributed by atoms with Crippen LogP contribution in [-0.4, -0.2) is 68.0 Å². The summed E-state index contributed by atoms with van der Waals surface area (Å²) in [6, 6.07) is 4.30. The van der Waals surface area contributed by atoms with Gasteiger partial charge in [-0.05, 0) is 24.0 Å². The van der Waals surface area contributed by atoms with Gasteiger partial charge < -0.3 is 14.6 Å². The van der Waals surface area contributed by atoms with Crippen molar-refractivity contribution in [2.24, 2.45) is 5.92 Å². The highest BCUT2D eigenvalue weighted by atomic mass is 35.5. The molecule has 0 aliphatic carbocycles. The van der Waals surface area contributed by atoms with E-state index < -0.39 is 0 Å². The first-order valence-electron chi connectivity index (χ1n) is 8.96. The number of ether oxygens (including phenoxy) is 2. The number of nitrogens with zero attached hydrogens (tertiary/aromatic N) is 2. The third-order valence-electron chi connectivity index (χ3n) is 4.71. The summed E-state index contributed by atoms with van der Waals surface area (Å²) in [5.74, 6) is 1.87. The predicted octanol–water partition coefficient (Wildman–Crippen LogP) is 2.88. The lowest BCUT2D eigenvalue weighted by Crippen LogP contribution is -2.53. The summed E-state index contributed by atoms with van der Waals surface area (Å²) in [6.45, 7) is 9.53. The first-order valence-corrected chi connectivity index (χ1v) is 9.34. The van der Waals surface area contributed by atoms with Crippen LogP contribution in [0, 0.1) is 5.92 Å². The molecule has 25 heavy (non-hydrogen) atoms. The van der Waals surface area contributed by atoms with Crippen molar-refractivity contribution in [1.29, 1.82) is 0 Å². The average Bonchev–Trinajstić information content (AvgIpc) is 2.58.